The van der Waals surface area contributed by atoms with Crippen molar-refractivity contribution in [3.05, 3.63) is 23.9 Å². The van der Waals surface area contributed by atoms with Crippen molar-refractivity contribution in [3.8, 4) is 0 Å². The number of hydrogen-bond donors (Lipinski definition) is 1. The molecule has 19 heavy (non-hydrogen) atoms. The molecular weight excluding hydrogens is 234 g/mol. The van der Waals surface area contributed by atoms with Crippen molar-refractivity contribution >= 4 is 5.82 Å². The quantitative estimate of drug-likeness (QED) is 0.883. The average Bonchev–Trinajstić information content (AvgIpc) is 2.39. The summed E-state index contributed by atoms with van der Waals surface area (Å²) in [5, 5.41) is 3.45. The lowest BCUT2D eigenvalue weighted by Gasteiger charge is -2.31. The third-order valence-corrected chi connectivity index (χ3v) is 3.67. The number of aromatic nitrogens is 1. The summed E-state index contributed by atoms with van der Waals surface area (Å²) in [6.07, 6.45) is 4.66. The lowest BCUT2D eigenvalue weighted by molar-refractivity contribution is 0.444. The van der Waals surface area contributed by atoms with Crippen LogP contribution in [0.3, 0.4) is 0 Å². The van der Waals surface area contributed by atoms with E-state index in [4.69, 9.17) is 0 Å². The van der Waals surface area contributed by atoms with Crippen LogP contribution in [0.5, 0.6) is 0 Å². The molecule has 1 aromatic rings. The van der Waals surface area contributed by atoms with Crippen molar-refractivity contribution in [3.63, 3.8) is 0 Å². The van der Waals surface area contributed by atoms with Gasteiger partial charge in [-0.05, 0) is 42.9 Å². The minimum absolute atomic E-state index is 0.696. The van der Waals surface area contributed by atoms with Crippen molar-refractivity contribution in [1.29, 1.82) is 0 Å². The molecule has 1 fully saturated rings. The number of piperidine rings is 1. The second-order valence-corrected chi connectivity index (χ2v) is 6.24. The number of nitrogens with zero attached hydrogens (tertiary/aromatic N) is 2. The summed E-state index contributed by atoms with van der Waals surface area (Å²) in [5.74, 6) is 2.63. The topological polar surface area (TPSA) is 28.2 Å². The third kappa shape index (κ3) is 4.50. The second kappa shape index (κ2) is 6.90. The Hall–Kier alpha value is -1.09. The number of nitrogens with one attached hydrogen (secondary N) is 1. The van der Waals surface area contributed by atoms with Crippen LogP contribution in [0, 0.1) is 11.8 Å². The second-order valence-electron chi connectivity index (χ2n) is 6.24. The molecule has 1 aromatic heterocycles. The fourth-order valence-electron chi connectivity index (χ4n) is 2.61. The first-order valence-corrected chi connectivity index (χ1v) is 7.55. The van der Waals surface area contributed by atoms with Gasteiger partial charge < -0.3 is 10.2 Å². The first-order valence-electron chi connectivity index (χ1n) is 7.55. The van der Waals surface area contributed by atoms with Gasteiger partial charge in [0.15, 0.2) is 0 Å². The maximum Gasteiger partial charge on any atom is 0.128 e. The summed E-state index contributed by atoms with van der Waals surface area (Å²) in [6, 6.07) is 4.37. The van der Waals surface area contributed by atoms with Crippen LogP contribution in [-0.4, -0.2) is 24.6 Å². The van der Waals surface area contributed by atoms with Crippen LogP contribution in [0.1, 0.15) is 39.2 Å². The van der Waals surface area contributed by atoms with Gasteiger partial charge in [0.1, 0.15) is 5.82 Å². The fourth-order valence-corrected chi connectivity index (χ4v) is 2.61. The number of hydrogen-bond acceptors (Lipinski definition) is 3. The van der Waals surface area contributed by atoms with E-state index >= 15 is 0 Å². The summed E-state index contributed by atoms with van der Waals surface area (Å²) in [6.45, 7) is 11.1. The molecule has 3 nitrogen and oxygen atoms in total. The Kier molecular flexibility index (Phi) is 5.20. The van der Waals surface area contributed by atoms with Crippen LogP contribution in [0.25, 0.3) is 0 Å². The van der Waals surface area contributed by atoms with Gasteiger partial charge in [0.2, 0.25) is 0 Å². The van der Waals surface area contributed by atoms with Crippen LogP contribution in [0.15, 0.2) is 18.3 Å². The summed E-state index contributed by atoms with van der Waals surface area (Å²) in [4.78, 5) is 7.04. The molecule has 1 N–H and O–H groups in total. The Morgan fingerprint density at radius 3 is 2.89 bits per heavy atom. The molecule has 1 atom stereocenters. The van der Waals surface area contributed by atoms with Crippen molar-refractivity contribution in [2.24, 2.45) is 11.8 Å². The highest BCUT2D eigenvalue weighted by Gasteiger charge is 2.17. The van der Waals surface area contributed by atoms with Crippen molar-refractivity contribution in [1.82, 2.24) is 10.3 Å². The fraction of sp³-hybridized carbons (Fsp3) is 0.688. The monoisotopic (exact) mass is 261 g/mol. The van der Waals surface area contributed by atoms with Gasteiger partial charge in [-0.1, -0.05) is 26.8 Å². The van der Waals surface area contributed by atoms with Gasteiger partial charge in [-0.3, -0.25) is 0 Å². The van der Waals surface area contributed by atoms with E-state index in [9.17, 15) is 0 Å². The van der Waals surface area contributed by atoms with Gasteiger partial charge in [-0.15, -0.1) is 0 Å². The average molecular weight is 261 g/mol. The third-order valence-electron chi connectivity index (χ3n) is 3.67. The van der Waals surface area contributed by atoms with E-state index < -0.39 is 0 Å². The standard InChI is InChI=1S/C16H27N3/c1-13(2)9-17-10-15-6-7-16(18-11-15)19-8-4-5-14(3)12-19/h6-7,11,13-14,17H,4-5,8-10,12H2,1-3H3. The number of pyridine rings is 1. The SMILES string of the molecule is CC(C)CNCc1ccc(N2CCCC(C)C2)nc1. The minimum Gasteiger partial charge on any atom is -0.356 e. The Bertz CT molecular complexity index is 372. The molecule has 1 aliphatic rings. The summed E-state index contributed by atoms with van der Waals surface area (Å²) < 4.78 is 0. The maximum absolute atomic E-state index is 4.62. The van der Waals surface area contributed by atoms with Gasteiger partial charge in [-0.25, -0.2) is 4.98 Å². The molecule has 0 radical (unpaired) electrons. The zero-order valence-corrected chi connectivity index (χ0v) is 12.5. The molecule has 2 heterocycles. The Morgan fingerprint density at radius 1 is 1.42 bits per heavy atom. The van der Waals surface area contributed by atoms with Gasteiger partial charge in [0.25, 0.3) is 0 Å². The van der Waals surface area contributed by atoms with E-state index in [1.165, 1.54) is 18.4 Å². The first kappa shape index (κ1) is 14.3. The molecule has 3 heteroatoms. The van der Waals surface area contributed by atoms with Crippen LogP contribution in [0.2, 0.25) is 0 Å². The molecule has 0 bridgehead atoms. The Labute approximate surface area is 117 Å². The summed E-state index contributed by atoms with van der Waals surface area (Å²) in [7, 11) is 0. The van der Waals surface area contributed by atoms with Gasteiger partial charge >= 0.3 is 0 Å². The normalized spacial score (nSPS) is 20.0. The highest BCUT2D eigenvalue weighted by atomic mass is 15.2. The molecule has 1 aliphatic heterocycles. The molecule has 0 spiro atoms. The van der Waals surface area contributed by atoms with E-state index in [0.717, 1.165) is 37.9 Å². The van der Waals surface area contributed by atoms with Gasteiger partial charge in [0.05, 0.1) is 0 Å². The van der Waals surface area contributed by atoms with E-state index in [2.05, 4.69) is 48.1 Å². The van der Waals surface area contributed by atoms with E-state index in [1.807, 2.05) is 6.20 Å². The molecule has 1 saturated heterocycles. The van der Waals surface area contributed by atoms with Crippen LogP contribution in [-0.2, 0) is 6.54 Å². The zero-order chi connectivity index (χ0) is 13.7. The lowest BCUT2D eigenvalue weighted by atomic mass is 10.0. The highest BCUT2D eigenvalue weighted by Crippen LogP contribution is 2.21. The Balaban J connectivity index is 1.87. The van der Waals surface area contributed by atoms with Crippen molar-refractivity contribution in [2.75, 3.05) is 24.5 Å². The molecule has 1 unspecified atom stereocenters. The Morgan fingerprint density at radius 2 is 2.26 bits per heavy atom. The van der Waals surface area contributed by atoms with E-state index in [-0.39, 0.29) is 0 Å². The van der Waals surface area contributed by atoms with Gasteiger partial charge in [-0.2, -0.15) is 0 Å². The van der Waals surface area contributed by atoms with E-state index in [1.54, 1.807) is 0 Å². The summed E-state index contributed by atoms with van der Waals surface area (Å²) in [5.41, 5.74) is 1.27. The zero-order valence-electron chi connectivity index (χ0n) is 12.5. The molecule has 106 valence electrons. The number of anilines is 1. The maximum atomic E-state index is 4.62. The summed E-state index contributed by atoms with van der Waals surface area (Å²) >= 11 is 0. The van der Waals surface area contributed by atoms with E-state index in [0.29, 0.717) is 5.92 Å². The highest BCUT2D eigenvalue weighted by molar-refractivity contribution is 5.39. The van der Waals surface area contributed by atoms with Crippen LogP contribution in [0.4, 0.5) is 5.82 Å². The van der Waals surface area contributed by atoms with Crippen molar-refractivity contribution in [2.45, 2.75) is 40.2 Å². The molecule has 0 saturated carbocycles. The molecule has 0 aromatic carbocycles. The lowest BCUT2D eigenvalue weighted by Crippen LogP contribution is -2.34. The van der Waals surface area contributed by atoms with Crippen molar-refractivity contribution < 1.29 is 0 Å². The minimum atomic E-state index is 0.696. The van der Waals surface area contributed by atoms with Crippen LogP contribution >= 0.6 is 0 Å². The predicted molar refractivity (Wildman–Crippen MR) is 81.4 cm³/mol. The molecule has 2 rings (SSSR count). The van der Waals surface area contributed by atoms with Crippen LogP contribution < -0.4 is 10.2 Å². The molecule has 0 amide bonds. The first-order chi connectivity index (χ1) is 9.15. The van der Waals surface area contributed by atoms with Gasteiger partial charge in [0, 0.05) is 25.8 Å². The number of rotatable bonds is 5. The largest absolute Gasteiger partial charge is 0.356 e. The molecule has 0 aliphatic carbocycles. The smallest absolute Gasteiger partial charge is 0.128 e. The molecular formula is C16H27N3. The predicted octanol–water partition coefficient (Wildman–Crippen LogP) is 3.06.